The smallest absolute Gasteiger partial charge is 0.0886 e. The zero-order valence-corrected chi connectivity index (χ0v) is 14.5. The third kappa shape index (κ3) is 3.25. The van der Waals surface area contributed by atoms with E-state index in [2.05, 4.69) is 54.9 Å². The molecule has 8 heteroatoms. The molecule has 2 aromatic heterocycles. The molecule has 0 radical (unpaired) electrons. The molecule has 1 atom stereocenters. The van der Waals surface area contributed by atoms with Crippen LogP contribution in [0.1, 0.15) is 22.3 Å². The van der Waals surface area contributed by atoms with Crippen molar-refractivity contribution in [2.24, 2.45) is 0 Å². The highest BCUT2D eigenvalue weighted by molar-refractivity contribution is 9.10. The molecule has 0 saturated carbocycles. The van der Waals surface area contributed by atoms with Crippen LogP contribution in [0.2, 0.25) is 0 Å². The Balaban J connectivity index is 2.34. The van der Waals surface area contributed by atoms with Gasteiger partial charge in [0.2, 0.25) is 0 Å². The lowest BCUT2D eigenvalue weighted by atomic mass is 10.1. The van der Waals surface area contributed by atoms with Crippen LogP contribution < -0.4 is 5.32 Å². The van der Waals surface area contributed by atoms with Crippen LogP contribution in [0.3, 0.4) is 0 Å². The van der Waals surface area contributed by atoms with Crippen LogP contribution in [-0.4, -0.2) is 52.0 Å². The van der Waals surface area contributed by atoms with Gasteiger partial charge in [-0.05, 0) is 55.5 Å². The summed E-state index contributed by atoms with van der Waals surface area (Å²) < 4.78 is 7.07. The van der Waals surface area contributed by atoms with Gasteiger partial charge in [0, 0.05) is 6.54 Å². The fourth-order valence-corrected chi connectivity index (χ4v) is 3.31. The molecule has 0 aliphatic carbocycles. The van der Waals surface area contributed by atoms with Crippen molar-refractivity contribution in [3.63, 3.8) is 0 Å². The maximum absolute atomic E-state index is 4.46. The summed E-state index contributed by atoms with van der Waals surface area (Å²) in [6.07, 6.45) is 1.85. The van der Waals surface area contributed by atoms with Crippen LogP contribution >= 0.6 is 27.5 Å². The summed E-state index contributed by atoms with van der Waals surface area (Å²) in [5, 5.41) is 11.9. The van der Waals surface area contributed by atoms with E-state index in [1.807, 2.05) is 24.9 Å². The third-order valence-electron chi connectivity index (χ3n) is 3.10. The Kier molecular flexibility index (Phi) is 5.25. The molecule has 0 saturated heterocycles. The number of aromatic nitrogens is 4. The summed E-state index contributed by atoms with van der Waals surface area (Å²) in [7, 11) is 6.07. The first kappa shape index (κ1) is 15.6. The molecule has 0 amide bonds. The van der Waals surface area contributed by atoms with Gasteiger partial charge in [0.05, 0.1) is 39.5 Å². The fourth-order valence-electron chi connectivity index (χ4n) is 2.03. The van der Waals surface area contributed by atoms with Crippen LogP contribution in [0.25, 0.3) is 0 Å². The van der Waals surface area contributed by atoms with Crippen molar-refractivity contribution in [2.45, 2.75) is 19.5 Å². The monoisotopic (exact) mass is 358 g/mol. The zero-order chi connectivity index (χ0) is 14.7. The molecule has 6 nitrogen and oxygen atoms in total. The van der Waals surface area contributed by atoms with Crippen molar-refractivity contribution in [3.8, 4) is 0 Å². The average Bonchev–Trinajstić information content (AvgIpc) is 2.97. The molecular weight excluding hydrogens is 340 g/mol. The molecule has 110 valence electrons. The number of nitrogens with one attached hydrogen (secondary N) is 1. The lowest BCUT2D eigenvalue weighted by Gasteiger charge is -2.19. The molecule has 0 bridgehead atoms. The summed E-state index contributed by atoms with van der Waals surface area (Å²) >= 11 is 5.03. The summed E-state index contributed by atoms with van der Waals surface area (Å²) in [6, 6.07) is 0.0500. The Labute approximate surface area is 131 Å². The maximum atomic E-state index is 4.46. The molecule has 0 spiro atoms. The second kappa shape index (κ2) is 6.75. The van der Waals surface area contributed by atoms with Gasteiger partial charge >= 0.3 is 0 Å². The van der Waals surface area contributed by atoms with Crippen LogP contribution in [0.15, 0.2) is 10.7 Å². The third-order valence-corrected chi connectivity index (χ3v) is 4.61. The van der Waals surface area contributed by atoms with Crippen LogP contribution in [0.4, 0.5) is 0 Å². The molecular formula is C12H19BrN6S. The van der Waals surface area contributed by atoms with Gasteiger partial charge in [-0.3, -0.25) is 4.68 Å². The molecule has 2 heterocycles. The van der Waals surface area contributed by atoms with E-state index in [0.29, 0.717) is 0 Å². The SMILES string of the molecule is CNC(c1snnc1C)c1c(Br)cnn1CCN(C)C. The average molecular weight is 359 g/mol. The molecule has 0 aromatic carbocycles. The van der Waals surface area contributed by atoms with Crippen LogP contribution in [-0.2, 0) is 6.54 Å². The highest BCUT2D eigenvalue weighted by Gasteiger charge is 2.24. The van der Waals surface area contributed by atoms with E-state index >= 15 is 0 Å². The van der Waals surface area contributed by atoms with Crippen molar-refractivity contribution in [1.29, 1.82) is 0 Å². The zero-order valence-electron chi connectivity index (χ0n) is 12.1. The number of hydrogen-bond donors (Lipinski definition) is 1. The van der Waals surface area contributed by atoms with Gasteiger partial charge in [-0.1, -0.05) is 4.49 Å². The van der Waals surface area contributed by atoms with E-state index in [0.717, 1.165) is 33.8 Å². The van der Waals surface area contributed by atoms with E-state index in [-0.39, 0.29) is 6.04 Å². The summed E-state index contributed by atoms with van der Waals surface area (Å²) in [5.74, 6) is 0. The highest BCUT2D eigenvalue weighted by atomic mass is 79.9. The molecule has 1 unspecified atom stereocenters. The Morgan fingerprint density at radius 3 is 2.80 bits per heavy atom. The first-order valence-electron chi connectivity index (χ1n) is 6.36. The van der Waals surface area contributed by atoms with Crippen molar-refractivity contribution in [3.05, 3.63) is 26.9 Å². The van der Waals surface area contributed by atoms with Crippen molar-refractivity contribution in [1.82, 2.24) is 29.6 Å². The topological polar surface area (TPSA) is 58.9 Å². The second-order valence-corrected chi connectivity index (χ2v) is 6.49. The molecule has 20 heavy (non-hydrogen) atoms. The molecule has 0 aliphatic heterocycles. The minimum absolute atomic E-state index is 0.0500. The first-order valence-corrected chi connectivity index (χ1v) is 7.93. The van der Waals surface area contributed by atoms with Gasteiger partial charge < -0.3 is 10.2 Å². The number of halogens is 1. The van der Waals surface area contributed by atoms with Crippen molar-refractivity contribution >= 4 is 27.5 Å². The van der Waals surface area contributed by atoms with Gasteiger partial charge in [-0.2, -0.15) is 5.10 Å². The van der Waals surface area contributed by atoms with Gasteiger partial charge in [0.1, 0.15) is 0 Å². The molecule has 0 aliphatic rings. The number of hydrogen-bond acceptors (Lipinski definition) is 6. The van der Waals surface area contributed by atoms with Crippen LogP contribution in [0, 0.1) is 6.92 Å². The van der Waals surface area contributed by atoms with Crippen molar-refractivity contribution in [2.75, 3.05) is 27.7 Å². The van der Waals surface area contributed by atoms with E-state index in [1.165, 1.54) is 11.5 Å². The predicted octanol–water partition coefficient (Wildman–Crippen LogP) is 1.68. The second-order valence-electron chi connectivity index (χ2n) is 4.85. The quantitative estimate of drug-likeness (QED) is 0.851. The van der Waals surface area contributed by atoms with E-state index in [9.17, 15) is 0 Å². The lowest BCUT2D eigenvalue weighted by Crippen LogP contribution is -2.25. The normalized spacial score (nSPS) is 13.1. The van der Waals surface area contributed by atoms with Gasteiger partial charge in [-0.15, -0.1) is 5.10 Å². The summed E-state index contributed by atoms with van der Waals surface area (Å²) in [4.78, 5) is 3.27. The largest absolute Gasteiger partial charge is 0.308 e. The first-order chi connectivity index (χ1) is 9.54. The Bertz CT molecular complexity index is 564. The Hall–Kier alpha value is -0.830. The van der Waals surface area contributed by atoms with E-state index in [4.69, 9.17) is 0 Å². The number of likely N-dealkylation sites (N-methyl/N-ethyl adjacent to an activating group) is 1. The number of aryl methyl sites for hydroxylation is 1. The minimum atomic E-state index is 0.0500. The van der Waals surface area contributed by atoms with Gasteiger partial charge in [0.15, 0.2) is 0 Å². The molecule has 1 N–H and O–H groups in total. The van der Waals surface area contributed by atoms with Gasteiger partial charge in [-0.25, -0.2) is 0 Å². The Morgan fingerprint density at radius 2 is 2.25 bits per heavy atom. The van der Waals surface area contributed by atoms with Gasteiger partial charge in [0.25, 0.3) is 0 Å². The summed E-state index contributed by atoms with van der Waals surface area (Å²) in [5.41, 5.74) is 2.07. The minimum Gasteiger partial charge on any atom is -0.308 e. The maximum Gasteiger partial charge on any atom is 0.0886 e. The summed E-state index contributed by atoms with van der Waals surface area (Å²) in [6.45, 7) is 3.77. The molecule has 2 aromatic rings. The molecule has 2 rings (SSSR count). The number of rotatable bonds is 6. The van der Waals surface area contributed by atoms with E-state index in [1.54, 1.807) is 0 Å². The van der Waals surface area contributed by atoms with Crippen LogP contribution in [0.5, 0.6) is 0 Å². The van der Waals surface area contributed by atoms with E-state index < -0.39 is 0 Å². The number of nitrogens with zero attached hydrogens (tertiary/aromatic N) is 5. The predicted molar refractivity (Wildman–Crippen MR) is 84.0 cm³/mol. The molecule has 0 fully saturated rings. The lowest BCUT2D eigenvalue weighted by molar-refractivity contribution is 0.366. The highest BCUT2D eigenvalue weighted by Crippen LogP contribution is 2.31. The van der Waals surface area contributed by atoms with Crippen molar-refractivity contribution < 1.29 is 0 Å². The fraction of sp³-hybridized carbons (Fsp3) is 0.583. The standard InChI is InChI=1S/C12H19BrN6S/c1-8-12(20-17-16-8)10(14-2)11-9(13)7-15-19(11)6-5-18(3)4/h7,10,14H,5-6H2,1-4H3. The Morgan fingerprint density at radius 1 is 1.50 bits per heavy atom.